The van der Waals surface area contributed by atoms with Crippen LogP contribution in [-0.2, 0) is 16.1 Å². The molecule has 0 saturated heterocycles. The molecular formula is C16H15NO3. The van der Waals surface area contributed by atoms with E-state index in [1.54, 1.807) is 0 Å². The number of carbonyl (C=O) groups excluding carboxylic acids is 1. The Bertz CT molecular complexity index is 625. The molecule has 0 radical (unpaired) electrons. The number of primary amides is 1. The molecule has 1 heterocycles. The highest BCUT2D eigenvalue weighted by Crippen LogP contribution is 2.31. The van der Waals surface area contributed by atoms with E-state index in [0.29, 0.717) is 13.2 Å². The number of amides is 1. The van der Waals surface area contributed by atoms with Crippen molar-refractivity contribution in [3.05, 3.63) is 59.7 Å². The van der Waals surface area contributed by atoms with E-state index in [1.165, 1.54) is 0 Å². The minimum Gasteiger partial charge on any atom is -0.439 e. The average molecular weight is 269 g/mol. The van der Waals surface area contributed by atoms with E-state index < -0.39 is 12.2 Å². The first-order valence-electron chi connectivity index (χ1n) is 6.46. The van der Waals surface area contributed by atoms with Gasteiger partial charge in [-0.15, -0.1) is 0 Å². The van der Waals surface area contributed by atoms with Gasteiger partial charge in [-0.05, 0) is 22.8 Å². The molecule has 0 aliphatic carbocycles. The minimum atomic E-state index is -0.781. The third kappa shape index (κ3) is 2.51. The molecule has 1 unspecified atom stereocenters. The zero-order valence-electron chi connectivity index (χ0n) is 10.9. The summed E-state index contributed by atoms with van der Waals surface area (Å²) in [6.07, 6.45) is -1.21. The normalized spacial score (nSPS) is 17.3. The van der Waals surface area contributed by atoms with Crippen molar-refractivity contribution in [3.63, 3.8) is 0 Å². The van der Waals surface area contributed by atoms with Gasteiger partial charge in [0, 0.05) is 5.56 Å². The summed E-state index contributed by atoms with van der Waals surface area (Å²) in [5.74, 6) is 0. The van der Waals surface area contributed by atoms with Crippen LogP contribution in [0.25, 0.3) is 11.1 Å². The fourth-order valence-electron chi connectivity index (χ4n) is 2.44. The number of benzene rings is 2. The summed E-state index contributed by atoms with van der Waals surface area (Å²) in [7, 11) is 0. The standard InChI is InChI=1S/C16H15NO3/c17-16(18)20-15-10-19-9-13-7-6-12(8-14(13)15)11-4-2-1-3-5-11/h1-8,15H,9-10H2,(H2,17,18). The molecule has 0 aromatic heterocycles. The van der Waals surface area contributed by atoms with Crippen LogP contribution < -0.4 is 5.73 Å². The Morgan fingerprint density at radius 2 is 1.95 bits per heavy atom. The highest BCUT2D eigenvalue weighted by Gasteiger charge is 2.24. The predicted molar refractivity (Wildman–Crippen MR) is 74.9 cm³/mol. The Hall–Kier alpha value is -2.33. The molecule has 1 amide bonds. The van der Waals surface area contributed by atoms with Gasteiger partial charge in [0.1, 0.15) is 0 Å². The van der Waals surface area contributed by atoms with Crippen molar-refractivity contribution in [1.82, 2.24) is 0 Å². The van der Waals surface area contributed by atoms with E-state index in [1.807, 2.05) is 48.5 Å². The lowest BCUT2D eigenvalue weighted by molar-refractivity contribution is 0.00000273. The molecule has 1 atom stereocenters. The molecule has 4 nitrogen and oxygen atoms in total. The van der Waals surface area contributed by atoms with Crippen LogP contribution >= 0.6 is 0 Å². The second-order valence-electron chi connectivity index (χ2n) is 4.72. The van der Waals surface area contributed by atoms with Crippen molar-refractivity contribution in [2.45, 2.75) is 12.7 Å². The van der Waals surface area contributed by atoms with Crippen molar-refractivity contribution in [2.75, 3.05) is 6.61 Å². The Morgan fingerprint density at radius 3 is 2.70 bits per heavy atom. The molecule has 2 aromatic rings. The van der Waals surface area contributed by atoms with E-state index in [0.717, 1.165) is 22.3 Å². The fraction of sp³-hybridized carbons (Fsp3) is 0.188. The number of fused-ring (bicyclic) bond motifs is 1. The summed E-state index contributed by atoms with van der Waals surface area (Å²) in [5.41, 5.74) is 9.32. The van der Waals surface area contributed by atoms with E-state index >= 15 is 0 Å². The van der Waals surface area contributed by atoms with Gasteiger partial charge in [-0.3, -0.25) is 0 Å². The van der Waals surface area contributed by atoms with Crippen molar-refractivity contribution >= 4 is 6.09 Å². The molecule has 2 N–H and O–H groups in total. The zero-order valence-corrected chi connectivity index (χ0v) is 10.9. The summed E-state index contributed by atoms with van der Waals surface area (Å²) < 4.78 is 10.5. The Morgan fingerprint density at radius 1 is 1.15 bits per heavy atom. The highest BCUT2D eigenvalue weighted by atomic mass is 16.6. The third-order valence-electron chi connectivity index (χ3n) is 3.39. The first-order chi connectivity index (χ1) is 9.74. The van der Waals surface area contributed by atoms with Crippen molar-refractivity contribution in [1.29, 1.82) is 0 Å². The largest absolute Gasteiger partial charge is 0.439 e. The SMILES string of the molecule is NC(=O)OC1COCc2ccc(-c3ccccc3)cc21. The van der Waals surface area contributed by atoms with Crippen LogP contribution in [0.15, 0.2) is 48.5 Å². The van der Waals surface area contributed by atoms with Crippen LogP contribution in [0.1, 0.15) is 17.2 Å². The number of hydrogen-bond acceptors (Lipinski definition) is 3. The lowest BCUT2D eigenvalue weighted by atomic mass is 9.95. The molecule has 0 bridgehead atoms. The maximum Gasteiger partial charge on any atom is 0.405 e. The Kier molecular flexibility index (Phi) is 3.39. The topological polar surface area (TPSA) is 61.6 Å². The molecule has 1 aliphatic rings. The van der Waals surface area contributed by atoms with Gasteiger partial charge in [-0.1, -0.05) is 42.5 Å². The fourth-order valence-corrected chi connectivity index (χ4v) is 2.44. The van der Waals surface area contributed by atoms with Crippen LogP contribution in [0.2, 0.25) is 0 Å². The van der Waals surface area contributed by atoms with Crippen molar-refractivity contribution in [2.24, 2.45) is 5.73 Å². The average Bonchev–Trinajstić information content (AvgIpc) is 2.47. The monoisotopic (exact) mass is 269 g/mol. The first kappa shape index (κ1) is 12.7. The molecule has 0 fully saturated rings. The van der Waals surface area contributed by atoms with Crippen LogP contribution in [0, 0.1) is 0 Å². The second kappa shape index (κ2) is 5.35. The van der Waals surface area contributed by atoms with Gasteiger partial charge in [0.2, 0.25) is 0 Å². The number of nitrogens with two attached hydrogens (primary N) is 1. The summed E-state index contributed by atoms with van der Waals surface area (Å²) in [6.45, 7) is 0.872. The van der Waals surface area contributed by atoms with E-state index in [-0.39, 0.29) is 0 Å². The lowest BCUT2D eigenvalue weighted by Gasteiger charge is -2.25. The first-order valence-corrected chi connectivity index (χ1v) is 6.46. The van der Waals surface area contributed by atoms with Crippen molar-refractivity contribution < 1.29 is 14.3 Å². The Balaban J connectivity index is 1.99. The van der Waals surface area contributed by atoms with Crippen LogP contribution in [0.5, 0.6) is 0 Å². The minimum absolute atomic E-state index is 0.341. The quantitative estimate of drug-likeness (QED) is 0.911. The zero-order chi connectivity index (χ0) is 13.9. The lowest BCUT2D eigenvalue weighted by Crippen LogP contribution is -2.24. The molecule has 0 saturated carbocycles. The van der Waals surface area contributed by atoms with Crippen LogP contribution in [0.3, 0.4) is 0 Å². The van der Waals surface area contributed by atoms with Gasteiger partial charge < -0.3 is 15.2 Å². The van der Waals surface area contributed by atoms with Gasteiger partial charge in [0.05, 0.1) is 13.2 Å². The smallest absolute Gasteiger partial charge is 0.405 e. The van der Waals surface area contributed by atoms with Gasteiger partial charge in [-0.2, -0.15) is 0 Å². The molecule has 2 aromatic carbocycles. The van der Waals surface area contributed by atoms with E-state index in [9.17, 15) is 4.79 Å². The second-order valence-corrected chi connectivity index (χ2v) is 4.72. The Labute approximate surface area is 117 Å². The predicted octanol–water partition coefficient (Wildman–Crippen LogP) is 3.02. The third-order valence-corrected chi connectivity index (χ3v) is 3.39. The molecule has 20 heavy (non-hydrogen) atoms. The number of ether oxygens (including phenoxy) is 2. The highest BCUT2D eigenvalue weighted by molar-refractivity contribution is 5.67. The van der Waals surface area contributed by atoms with E-state index in [4.69, 9.17) is 15.2 Å². The van der Waals surface area contributed by atoms with Crippen molar-refractivity contribution in [3.8, 4) is 11.1 Å². The summed E-state index contributed by atoms with van der Waals surface area (Å²) in [4.78, 5) is 11.0. The molecular weight excluding hydrogens is 254 g/mol. The van der Waals surface area contributed by atoms with Gasteiger partial charge in [0.25, 0.3) is 0 Å². The number of carbonyl (C=O) groups is 1. The summed E-state index contributed by atoms with van der Waals surface area (Å²) in [6, 6.07) is 16.2. The van der Waals surface area contributed by atoms with Crippen LogP contribution in [0.4, 0.5) is 4.79 Å². The number of hydrogen-bond donors (Lipinski definition) is 1. The van der Waals surface area contributed by atoms with Gasteiger partial charge in [-0.25, -0.2) is 4.79 Å². The van der Waals surface area contributed by atoms with Crippen LogP contribution in [-0.4, -0.2) is 12.7 Å². The maximum absolute atomic E-state index is 11.0. The van der Waals surface area contributed by atoms with Gasteiger partial charge in [0.15, 0.2) is 6.10 Å². The number of rotatable bonds is 2. The molecule has 102 valence electrons. The maximum atomic E-state index is 11.0. The summed E-state index contributed by atoms with van der Waals surface area (Å²) in [5, 5.41) is 0. The van der Waals surface area contributed by atoms with E-state index in [2.05, 4.69) is 0 Å². The molecule has 4 heteroatoms. The molecule has 1 aliphatic heterocycles. The summed E-state index contributed by atoms with van der Waals surface area (Å²) >= 11 is 0. The van der Waals surface area contributed by atoms with Gasteiger partial charge >= 0.3 is 6.09 Å². The molecule has 0 spiro atoms. The molecule has 3 rings (SSSR count).